The highest BCUT2D eigenvalue weighted by molar-refractivity contribution is 5.98. The van der Waals surface area contributed by atoms with E-state index in [1.165, 1.54) is 6.33 Å². The molecule has 0 saturated heterocycles. The monoisotopic (exact) mass is 264 g/mol. The van der Waals surface area contributed by atoms with Crippen LogP contribution in [0.4, 0.5) is 0 Å². The smallest absolute Gasteiger partial charge is 0.270 e. The maximum Gasteiger partial charge on any atom is 0.270 e. The molecule has 3 aromatic rings. The van der Waals surface area contributed by atoms with Crippen LogP contribution in [-0.4, -0.2) is 25.8 Å². The quantitative estimate of drug-likeness (QED) is 0.732. The van der Waals surface area contributed by atoms with Gasteiger partial charge in [-0.2, -0.15) is 0 Å². The van der Waals surface area contributed by atoms with Gasteiger partial charge in [-0.25, -0.2) is 9.97 Å². The number of hydrogen-bond donors (Lipinski definition) is 1. The molecular formula is C15H12N4O. The molecular weight excluding hydrogens is 252 g/mol. The first-order valence-corrected chi connectivity index (χ1v) is 6.46. The third-order valence-electron chi connectivity index (χ3n) is 3.63. The second-order valence-corrected chi connectivity index (χ2v) is 4.93. The molecule has 20 heavy (non-hydrogen) atoms. The number of benzene rings is 1. The second-order valence-electron chi connectivity index (χ2n) is 4.93. The van der Waals surface area contributed by atoms with Crippen molar-refractivity contribution < 1.29 is 4.79 Å². The van der Waals surface area contributed by atoms with Crippen molar-refractivity contribution in [3.63, 3.8) is 0 Å². The molecule has 98 valence electrons. The molecule has 0 aliphatic carbocycles. The van der Waals surface area contributed by atoms with Gasteiger partial charge in [-0.3, -0.25) is 4.79 Å². The fourth-order valence-corrected chi connectivity index (χ4v) is 2.60. The topological polar surface area (TPSA) is 61.9 Å². The van der Waals surface area contributed by atoms with Crippen LogP contribution < -0.4 is 0 Å². The Balaban J connectivity index is 1.65. The minimum atomic E-state index is -0.000741. The van der Waals surface area contributed by atoms with Crippen LogP contribution in [0.3, 0.4) is 0 Å². The SMILES string of the molecule is O=C(c1cc2ccccc2[nH]1)N1Cc2cncnc2C1. The Kier molecular flexibility index (Phi) is 2.32. The van der Waals surface area contributed by atoms with E-state index in [-0.39, 0.29) is 5.91 Å². The van der Waals surface area contributed by atoms with Crippen molar-refractivity contribution in [2.24, 2.45) is 0 Å². The first-order valence-electron chi connectivity index (χ1n) is 6.46. The van der Waals surface area contributed by atoms with Gasteiger partial charge in [0.05, 0.1) is 12.2 Å². The summed E-state index contributed by atoms with van der Waals surface area (Å²) in [5.41, 5.74) is 3.56. The van der Waals surface area contributed by atoms with Crippen molar-refractivity contribution in [3.05, 3.63) is 59.8 Å². The Morgan fingerprint density at radius 2 is 2.15 bits per heavy atom. The first kappa shape index (κ1) is 11.2. The Morgan fingerprint density at radius 1 is 1.25 bits per heavy atom. The lowest BCUT2D eigenvalue weighted by Crippen LogP contribution is -2.25. The molecule has 3 heterocycles. The number of fused-ring (bicyclic) bond motifs is 2. The molecule has 1 aromatic carbocycles. The zero-order chi connectivity index (χ0) is 13.5. The standard InChI is InChI=1S/C15H12N4O/c20-15(13-5-10-3-1-2-4-12(10)18-13)19-7-11-6-16-9-17-14(11)8-19/h1-6,9,18H,7-8H2. The summed E-state index contributed by atoms with van der Waals surface area (Å²) in [6.07, 6.45) is 3.30. The molecule has 1 aliphatic heterocycles. The fraction of sp³-hybridized carbons (Fsp3) is 0.133. The summed E-state index contributed by atoms with van der Waals surface area (Å²) in [4.78, 5) is 25.7. The molecule has 0 atom stereocenters. The van der Waals surface area contributed by atoms with Gasteiger partial charge < -0.3 is 9.88 Å². The van der Waals surface area contributed by atoms with Crippen molar-refractivity contribution in [1.29, 1.82) is 0 Å². The average molecular weight is 264 g/mol. The van der Waals surface area contributed by atoms with E-state index >= 15 is 0 Å². The van der Waals surface area contributed by atoms with Crippen molar-refractivity contribution in [2.75, 3.05) is 0 Å². The lowest BCUT2D eigenvalue weighted by Gasteiger charge is -2.13. The lowest BCUT2D eigenvalue weighted by atomic mass is 10.2. The Morgan fingerprint density at radius 3 is 3.00 bits per heavy atom. The van der Waals surface area contributed by atoms with Crippen LogP contribution in [0, 0.1) is 0 Å². The van der Waals surface area contributed by atoms with E-state index in [1.54, 1.807) is 11.1 Å². The van der Waals surface area contributed by atoms with Gasteiger partial charge in [-0.1, -0.05) is 18.2 Å². The summed E-state index contributed by atoms with van der Waals surface area (Å²) in [7, 11) is 0. The fourth-order valence-electron chi connectivity index (χ4n) is 2.60. The number of nitrogens with zero attached hydrogens (tertiary/aromatic N) is 3. The predicted octanol–water partition coefficient (Wildman–Crippen LogP) is 2.11. The zero-order valence-electron chi connectivity index (χ0n) is 10.7. The number of nitrogens with one attached hydrogen (secondary N) is 1. The number of carbonyl (C=O) groups is 1. The molecule has 2 aromatic heterocycles. The maximum atomic E-state index is 12.5. The molecule has 0 saturated carbocycles. The van der Waals surface area contributed by atoms with Crippen molar-refractivity contribution in [1.82, 2.24) is 19.9 Å². The molecule has 4 rings (SSSR count). The van der Waals surface area contributed by atoms with Crippen LogP contribution in [0.25, 0.3) is 10.9 Å². The predicted molar refractivity (Wildman–Crippen MR) is 73.9 cm³/mol. The number of amides is 1. The number of H-pyrrole nitrogens is 1. The second kappa shape index (κ2) is 4.16. The minimum Gasteiger partial charge on any atom is -0.351 e. The average Bonchev–Trinajstić information content (AvgIpc) is 3.10. The third kappa shape index (κ3) is 1.67. The molecule has 1 N–H and O–H groups in total. The molecule has 1 amide bonds. The van der Waals surface area contributed by atoms with Crippen LogP contribution >= 0.6 is 0 Å². The molecule has 0 radical (unpaired) electrons. The summed E-state index contributed by atoms with van der Waals surface area (Å²) in [5.74, 6) is -0.000741. The highest BCUT2D eigenvalue weighted by atomic mass is 16.2. The summed E-state index contributed by atoms with van der Waals surface area (Å²) in [6.45, 7) is 1.12. The summed E-state index contributed by atoms with van der Waals surface area (Å²) in [5, 5.41) is 1.05. The van der Waals surface area contributed by atoms with Gasteiger partial charge in [0, 0.05) is 29.2 Å². The van der Waals surface area contributed by atoms with Crippen molar-refractivity contribution >= 4 is 16.8 Å². The van der Waals surface area contributed by atoms with Gasteiger partial charge in [0.1, 0.15) is 12.0 Å². The van der Waals surface area contributed by atoms with Gasteiger partial charge in [0.15, 0.2) is 0 Å². The first-order chi connectivity index (χ1) is 9.81. The Hall–Kier alpha value is -2.69. The molecule has 1 aliphatic rings. The van der Waals surface area contributed by atoms with Gasteiger partial charge >= 0.3 is 0 Å². The van der Waals surface area contributed by atoms with Gasteiger partial charge in [-0.05, 0) is 12.1 Å². The number of rotatable bonds is 1. The number of aromatic amines is 1. The number of aromatic nitrogens is 3. The highest BCUT2D eigenvalue weighted by Crippen LogP contribution is 2.23. The highest BCUT2D eigenvalue weighted by Gasteiger charge is 2.26. The molecule has 0 unspecified atom stereocenters. The van der Waals surface area contributed by atoms with Gasteiger partial charge in [0.2, 0.25) is 0 Å². The van der Waals surface area contributed by atoms with E-state index in [0.29, 0.717) is 18.8 Å². The number of para-hydroxylation sites is 1. The van der Waals surface area contributed by atoms with Crippen LogP contribution in [0.15, 0.2) is 42.9 Å². The van der Waals surface area contributed by atoms with E-state index in [1.807, 2.05) is 30.3 Å². The van der Waals surface area contributed by atoms with Crippen LogP contribution in [0.5, 0.6) is 0 Å². The Bertz CT molecular complexity index is 750. The van der Waals surface area contributed by atoms with Crippen molar-refractivity contribution in [2.45, 2.75) is 13.1 Å². The van der Waals surface area contributed by atoms with Crippen molar-refractivity contribution in [3.8, 4) is 0 Å². The minimum absolute atomic E-state index is 0.000741. The Labute approximate surface area is 115 Å². The molecule has 5 heteroatoms. The summed E-state index contributed by atoms with van der Waals surface area (Å²) >= 11 is 0. The normalized spacial score (nSPS) is 13.7. The lowest BCUT2D eigenvalue weighted by molar-refractivity contribution is 0.0745. The molecule has 0 bridgehead atoms. The van der Waals surface area contributed by atoms with Gasteiger partial charge in [0.25, 0.3) is 5.91 Å². The molecule has 0 fully saturated rings. The van der Waals surface area contributed by atoms with Crippen LogP contribution in [0.2, 0.25) is 0 Å². The van der Waals surface area contributed by atoms with Crippen LogP contribution in [-0.2, 0) is 13.1 Å². The van der Waals surface area contributed by atoms with Gasteiger partial charge in [-0.15, -0.1) is 0 Å². The van der Waals surface area contributed by atoms with E-state index in [9.17, 15) is 4.79 Å². The number of carbonyl (C=O) groups excluding carboxylic acids is 1. The third-order valence-corrected chi connectivity index (χ3v) is 3.63. The number of hydrogen-bond acceptors (Lipinski definition) is 3. The summed E-state index contributed by atoms with van der Waals surface area (Å²) in [6, 6.07) is 9.77. The van der Waals surface area contributed by atoms with E-state index in [4.69, 9.17) is 0 Å². The summed E-state index contributed by atoms with van der Waals surface area (Å²) < 4.78 is 0. The van der Waals surface area contributed by atoms with Crippen LogP contribution in [0.1, 0.15) is 21.7 Å². The maximum absolute atomic E-state index is 12.5. The molecule has 0 spiro atoms. The van der Waals surface area contributed by atoms with E-state index in [0.717, 1.165) is 22.2 Å². The largest absolute Gasteiger partial charge is 0.351 e. The zero-order valence-corrected chi connectivity index (χ0v) is 10.7. The van der Waals surface area contributed by atoms with E-state index in [2.05, 4.69) is 15.0 Å². The van der Waals surface area contributed by atoms with E-state index < -0.39 is 0 Å². The molecule has 5 nitrogen and oxygen atoms in total.